The summed E-state index contributed by atoms with van der Waals surface area (Å²) in [5.74, 6) is 0.528. The van der Waals surface area contributed by atoms with Crippen LogP contribution in [0.25, 0.3) is 33.3 Å². The molecule has 0 saturated heterocycles. The van der Waals surface area contributed by atoms with Gasteiger partial charge in [-0.3, -0.25) is 0 Å². The standard InChI is InChI=1S/C33H27NO3/c1-36-26-18-16-22(17-19-26)20-24-10-7-14-29-31(28-13-4-5-15-30(28)34-32(24)29)33(35)37-21-25-11-6-9-23-8-2-3-12-27(23)25/h2-6,8-9,11-13,15-20H,7,10,14,21H2,1H3. The minimum atomic E-state index is -0.298. The molecule has 0 fully saturated rings. The van der Waals surface area contributed by atoms with E-state index >= 15 is 0 Å². The van der Waals surface area contributed by atoms with E-state index in [2.05, 4.69) is 24.3 Å². The fourth-order valence-corrected chi connectivity index (χ4v) is 5.24. The molecule has 4 heteroatoms. The third-order valence-electron chi connectivity index (χ3n) is 7.07. The normalized spacial score (nSPS) is 14.0. The van der Waals surface area contributed by atoms with Crippen molar-refractivity contribution in [1.29, 1.82) is 0 Å². The number of methoxy groups -OCH3 is 1. The van der Waals surface area contributed by atoms with Crippen molar-refractivity contribution < 1.29 is 14.3 Å². The van der Waals surface area contributed by atoms with E-state index in [0.717, 1.165) is 74.6 Å². The molecule has 0 aliphatic heterocycles. The molecule has 1 aliphatic rings. The Kier molecular flexibility index (Phi) is 6.15. The van der Waals surface area contributed by atoms with Crippen LogP contribution in [0.5, 0.6) is 5.75 Å². The van der Waals surface area contributed by atoms with E-state index in [4.69, 9.17) is 14.5 Å². The molecule has 0 N–H and O–H groups in total. The average molecular weight is 486 g/mol. The maximum Gasteiger partial charge on any atom is 0.339 e. The molecule has 4 nitrogen and oxygen atoms in total. The number of rotatable bonds is 5. The quantitative estimate of drug-likeness (QED) is 0.240. The highest BCUT2D eigenvalue weighted by molar-refractivity contribution is 6.06. The van der Waals surface area contributed by atoms with E-state index in [-0.39, 0.29) is 12.6 Å². The van der Waals surface area contributed by atoms with Gasteiger partial charge in [0.1, 0.15) is 12.4 Å². The van der Waals surface area contributed by atoms with Gasteiger partial charge in [-0.2, -0.15) is 0 Å². The van der Waals surface area contributed by atoms with Crippen LogP contribution in [0.4, 0.5) is 0 Å². The second kappa shape index (κ2) is 9.90. The van der Waals surface area contributed by atoms with Crippen molar-refractivity contribution in [1.82, 2.24) is 4.98 Å². The van der Waals surface area contributed by atoms with Gasteiger partial charge >= 0.3 is 5.97 Å². The number of nitrogens with zero attached hydrogens (tertiary/aromatic N) is 1. The minimum Gasteiger partial charge on any atom is -0.497 e. The predicted molar refractivity (Wildman–Crippen MR) is 149 cm³/mol. The summed E-state index contributed by atoms with van der Waals surface area (Å²) in [6.45, 7) is 0.222. The Morgan fingerprint density at radius 3 is 2.46 bits per heavy atom. The lowest BCUT2D eigenvalue weighted by Crippen LogP contribution is -2.15. The number of aromatic nitrogens is 1. The molecule has 37 heavy (non-hydrogen) atoms. The highest BCUT2D eigenvalue weighted by Gasteiger charge is 2.26. The van der Waals surface area contributed by atoms with Crippen LogP contribution in [0.1, 0.15) is 45.6 Å². The molecule has 1 heterocycles. The van der Waals surface area contributed by atoms with Gasteiger partial charge in [0.05, 0.1) is 23.9 Å². The second-order valence-corrected chi connectivity index (χ2v) is 9.34. The third kappa shape index (κ3) is 4.47. The van der Waals surface area contributed by atoms with Gasteiger partial charge in [0.2, 0.25) is 0 Å². The first-order chi connectivity index (χ1) is 18.2. The number of carbonyl (C=O) groups is 1. The lowest BCUT2D eigenvalue weighted by Gasteiger charge is -2.22. The topological polar surface area (TPSA) is 48.4 Å². The van der Waals surface area contributed by atoms with Gasteiger partial charge in [-0.25, -0.2) is 9.78 Å². The van der Waals surface area contributed by atoms with Crippen LogP contribution in [0.2, 0.25) is 0 Å². The molecule has 0 bridgehead atoms. The summed E-state index contributed by atoms with van der Waals surface area (Å²) in [5.41, 5.74) is 6.55. The minimum absolute atomic E-state index is 0.222. The SMILES string of the molecule is COc1ccc(C=C2CCCc3c2nc2ccccc2c3C(=O)OCc2cccc3ccccc23)cc1. The van der Waals surface area contributed by atoms with Crippen molar-refractivity contribution in [2.45, 2.75) is 25.9 Å². The van der Waals surface area contributed by atoms with E-state index in [9.17, 15) is 4.79 Å². The van der Waals surface area contributed by atoms with Crippen molar-refractivity contribution in [3.05, 3.63) is 119 Å². The number of para-hydroxylation sites is 1. The Balaban J connectivity index is 1.40. The number of benzene rings is 4. The molecular formula is C33H27NO3. The van der Waals surface area contributed by atoms with Gasteiger partial charge in [-0.05, 0) is 76.6 Å². The molecule has 0 spiro atoms. The number of allylic oxidation sites excluding steroid dienone is 1. The van der Waals surface area contributed by atoms with Crippen molar-refractivity contribution in [2.24, 2.45) is 0 Å². The van der Waals surface area contributed by atoms with Crippen LogP contribution in [0, 0.1) is 0 Å². The Morgan fingerprint density at radius 1 is 0.865 bits per heavy atom. The zero-order valence-electron chi connectivity index (χ0n) is 20.7. The molecule has 0 saturated carbocycles. The smallest absolute Gasteiger partial charge is 0.339 e. The van der Waals surface area contributed by atoms with Crippen molar-refractivity contribution in [3.63, 3.8) is 0 Å². The molecule has 0 amide bonds. The summed E-state index contributed by atoms with van der Waals surface area (Å²) in [6, 6.07) is 30.1. The number of carbonyl (C=O) groups excluding carboxylic acids is 1. The number of pyridine rings is 1. The first kappa shape index (κ1) is 23.0. The van der Waals surface area contributed by atoms with Crippen molar-refractivity contribution in [3.8, 4) is 5.75 Å². The van der Waals surface area contributed by atoms with Crippen LogP contribution in [-0.2, 0) is 17.8 Å². The van der Waals surface area contributed by atoms with Gasteiger partial charge in [0, 0.05) is 5.39 Å². The molecule has 1 aliphatic carbocycles. The first-order valence-electron chi connectivity index (χ1n) is 12.6. The summed E-state index contributed by atoms with van der Waals surface area (Å²) in [7, 11) is 1.67. The molecule has 0 atom stereocenters. The van der Waals surface area contributed by atoms with Crippen molar-refractivity contribution in [2.75, 3.05) is 7.11 Å². The van der Waals surface area contributed by atoms with E-state index in [0.29, 0.717) is 5.56 Å². The zero-order chi connectivity index (χ0) is 25.2. The average Bonchev–Trinajstić information content (AvgIpc) is 2.95. The van der Waals surface area contributed by atoms with Gasteiger partial charge in [0.15, 0.2) is 0 Å². The Morgan fingerprint density at radius 2 is 1.62 bits per heavy atom. The van der Waals surface area contributed by atoms with E-state index in [1.807, 2.05) is 72.8 Å². The molecule has 1 aromatic heterocycles. The van der Waals surface area contributed by atoms with E-state index in [1.54, 1.807) is 7.11 Å². The van der Waals surface area contributed by atoms with E-state index < -0.39 is 0 Å². The number of esters is 1. The summed E-state index contributed by atoms with van der Waals surface area (Å²) in [5, 5.41) is 3.08. The Bertz CT molecular complexity index is 1650. The summed E-state index contributed by atoms with van der Waals surface area (Å²) >= 11 is 0. The van der Waals surface area contributed by atoms with Crippen LogP contribution in [0.15, 0.2) is 91.0 Å². The van der Waals surface area contributed by atoms with Crippen LogP contribution >= 0.6 is 0 Å². The van der Waals surface area contributed by atoms with Crippen LogP contribution in [0.3, 0.4) is 0 Å². The fraction of sp³-hybridized carbons (Fsp3) is 0.152. The summed E-state index contributed by atoms with van der Waals surface area (Å²) < 4.78 is 11.3. The molecular weight excluding hydrogens is 458 g/mol. The summed E-state index contributed by atoms with van der Waals surface area (Å²) in [4.78, 5) is 18.7. The van der Waals surface area contributed by atoms with E-state index in [1.165, 1.54) is 0 Å². The second-order valence-electron chi connectivity index (χ2n) is 9.34. The molecule has 5 aromatic rings. The molecule has 6 rings (SSSR count). The van der Waals surface area contributed by atoms with Crippen LogP contribution in [-0.4, -0.2) is 18.1 Å². The number of hydrogen-bond donors (Lipinski definition) is 0. The Labute approximate surface area is 216 Å². The monoisotopic (exact) mass is 485 g/mol. The highest BCUT2D eigenvalue weighted by atomic mass is 16.5. The maximum atomic E-state index is 13.7. The lowest BCUT2D eigenvalue weighted by molar-refractivity contribution is 0.0475. The fourth-order valence-electron chi connectivity index (χ4n) is 5.24. The van der Waals surface area contributed by atoms with Crippen LogP contribution < -0.4 is 4.74 Å². The first-order valence-corrected chi connectivity index (χ1v) is 12.6. The number of fused-ring (bicyclic) bond motifs is 3. The number of hydrogen-bond acceptors (Lipinski definition) is 4. The zero-order valence-corrected chi connectivity index (χ0v) is 20.7. The lowest BCUT2D eigenvalue weighted by atomic mass is 9.86. The summed E-state index contributed by atoms with van der Waals surface area (Å²) in [6.07, 6.45) is 4.84. The maximum absolute atomic E-state index is 13.7. The molecule has 0 radical (unpaired) electrons. The Hall–Kier alpha value is -4.44. The molecule has 0 unspecified atom stereocenters. The van der Waals surface area contributed by atoms with Gasteiger partial charge in [-0.1, -0.05) is 72.8 Å². The van der Waals surface area contributed by atoms with Gasteiger partial charge in [-0.15, -0.1) is 0 Å². The van der Waals surface area contributed by atoms with Gasteiger partial charge in [0.25, 0.3) is 0 Å². The number of ether oxygens (including phenoxy) is 2. The molecule has 182 valence electrons. The van der Waals surface area contributed by atoms with Gasteiger partial charge < -0.3 is 9.47 Å². The predicted octanol–water partition coefficient (Wildman–Crippen LogP) is 7.63. The molecule has 4 aromatic carbocycles. The third-order valence-corrected chi connectivity index (χ3v) is 7.07. The highest BCUT2D eigenvalue weighted by Crippen LogP contribution is 2.36. The largest absolute Gasteiger partial charge is 0.497 e. The van der Waals surface area contributed by atoms with Crippen molar-refractivity contribution >= 4 is 39.3 Å².